The smallest absolute Gasteiger partial charge is 0.227 e. The molecule has 0 fully saturated rings. The van der Waals surface area contributed by atoms with Gasteiger partial charge in [0, 0.05) is 5.56 Å². The molecule has 0 aliphatic heterocycles. The van der Waals surface area contributed by atoms with Crippen LogP contribution in [-0.4, -0.2) is 10.1 Å². The van der Waals surface area contributed by atoms with E-state index >= 15 is 0 Å². The number of hydrogen-bond acceptors (Lipinski definition) is 3. The molecule has 14 heavy (non-hydrogen) atoms. The van der Waals surface area contributed by atoms with E-state index in [1.807, 2.05) is 30.3 Å². The number of aliphatic hydroxyl groups excluding tert-OH is 1. The lowest BCUT2D eigenvalue weighted by molar-refractivity contribution is 0.275. The van der Waals surface area contributed by atoms with Crippen LogP contribution in [0.25, 0.3) is 11.5 Å². The predicted molar refractivity (Wildman–Crippen MR) is 55.6 cm³/mol. The summed E-state index contributed by atoms with van der Waals surface area (Å²) in [4.78, 5) is 4.13. The Morgan fingerprint density at radius 1 is 1.29 bits per heavy atom. The zero-order valence-electron chi connectivity index (χ0n) is 7.27. The van der Waals surface area contributed by atoms with E-state index in [0.29, 0.717) is 16.3 Å². The second-order valence-corrected chi connectivity index (χ2v) is 3.48. The minimum atomic E-state index is -0.128. The summed E-state index contributed by atoms with van der Waals surface area (Å²) < 4.78 is 5.82. The molecule has 0 radical (unpaired) electrons. The van der Waals surface area contributed by atoms with Crippen LogP contribution < -0.4 is 0 Å². The van der Waals surface area contributed by atoms with E-state index in [0.717, 1.165) is 5.56 Å². The van der Waals surface area contributed by atoms with Gasteiger partial charge in [0.1, 0.15) is 5.69 Å². The number of halogens is 1. The van der Waals surface area contributed by atoms with Gasteiger partial charge in [-0.2, -0.15) is 0 Å². The standard InChI is InChI=1S/C10H8BrNO2/c11-9-8(6-13)12-10(14-9)7-4-2-1-3-5-7/h1-5,13H,6H2. The average molecular weight is 254 g/mol. The maximum absolute atomic E-state index is 8.93. The number of benzene rings is 1. The number of aromatic nitrogens is 1. The van der Waals surface area contributed by atoms with Gasteiger partial charge >= 0.3 is 0 Å². The van der Waals surface area contributed by atoms with Crippen LogP contribution in [0.4, 0.5) is 0 Å². The molecule has 1 aromatic heterocycles. The highest BCUT2D eigenvalue weighted by atomic mass is 79.9. The van der Waals surface area contributed by atoms with Crippen LogP contribution in [0.3, 0.4) is 0 Å². The molecule has 0 unspecified atom stereocenters. The van der Waals surface area contributed by atoms with Crippen LogP contribution in [0.2, 0.25) is 0 Å². The number of oxazole rings is 1. The zero-order chi connectivity index (χ0) is 9.97. The molecule has 2 aromatic rings. The highest BCUT2D eigenvalue weighted by Gasteiger charge is 2.10. The third kappa shape index (κ3) is 1.71. The van der Waals surface area contributed by atoms with Crippen molar-refractivity contribution < 1.29 is 9.52 Å². The Kier molecular flexibility index (Phi) is 2.65. The van der Waals surface area contributed by atoms with Gasteiger partial charge < -0.3 is 9.52 Å². The third-order valence-electron chi connectivity index (χ3n) is 1.82. The summed E-state index contributed by atoms with van der Waals surface area (Å²) in [6.07, 6.45) is 0. The minimum absolute atomic E-state index is 0.128. The van der Waals surface area contributed by atoms with Gasteiger partial charge in [0.25, 0.3) is 0 Å². The summed E-state index contributed by atoms with van der Waals surface area (Å²) >= 11 is 3.19. The molecule has 4 heteroatoms. The van der Waals surface area contributed by atoms with Gasteiger partial charge in [-0.05, 0) is 28.1 Å². The summed E-state index contributed by atoms with van der Waals surface area (Å²) in [6, 6.07) is 9.55. The van der Waals surface area contributed by atoms with Crippen molar-refractivity contribution in [3.63, 3.8) is 0 Å². The molecule has 72 valence electrons. The molecule has 0 saturated heterocycles. The highest BCUT2D eigenvalue weighted by molar-refractivity contribution is 9.10. The quantitative estimate of drug-likeness (QED) is 0.895. The van der Waals surface area contributed by atoms with E-state index in [-0.39, 0.29) is 6.61 Å². The van der Waals surface area contributed by atoms with Gasteiger partial charge in [-0.15, -0.1) is 0 Å². The van der Waals surface area contributed by atoms with Gasteiger partial charge in [-0.1, -0.05) is 18.2 Å². The molecule has 3 nitrogen and oxygen atoms in total. The fourth-order valence-corrected chi connectivity index (χ4v) is 1.50. The first-order valence-electron chi connectivity index (χ1n) is 4.12. The van der Waals surface area contributed by atoms with E-state index in [1.54, 1.807) is 0 Å². The summed E-state index contributed by atoms with van der Waals surface area (Å²) in [6.45, 7) is -0.128. The molecule has 1 heterocycles. The Morgan fingerprint density at radius 3 is 2.57 bits per heavy atom. The Bertz CT molecular complexity index is 425. The van der Waals surface area contributed by atoms with Crippen molar-refractivity contribution in [2.75, 3.05) is 0 Å². The molecule has 0 atom stereocenters. The SMILES string of the molecule is OCc1nc(-c2ccccc2)oc1Br. The van der Waals surface area contributed by atoms with Crippen molar-refractivity contribution in [2.45, 2.75) is 6.61 Å². The lowest BCUT2D eigenvalue weighted by Gasteiger charge is -1.91. The van der Waals surface area contributed by atoms with Crippen LogP contribution in [0.5, 0.6) is 0 Å². The van der Waals surface area contributed by atoms with Crippen LogP contribution in [0, 0.1) is 0 Å². The summed E-state index contributed by atoms with van der Waals surface area (Å²) in [7, 11) is 0. The molecule has 0 amide bonds. The molecule has 0 aliphatic rings. The highest BCUT2D eigenvalue weighted by Crippen LogP contribution is 2.25. The number of aliphatic hydroxyl groups is 1. The zero-order valence-corrected chi connectivity index (χ0v) is 8.86. The number of hydrogen-bond donors (Lipinski definition) is 1. The lowest BCUT2D eigenvalue weighted by Crippen LogP contribution is -1.83. The molecular formula is C10H8BrNO2. The largest absolute Gasteiger partial charge is 0.429 e. The van der Waals surface area contributed by atoms with Crippen molar-refractivity contribution >= 4 is 15.9 Å². The number of rotatable bonds is 2. The molecule has 0 saturated carbocycles. The normalized spacial score (nSPS) is 10.4. The van der Waals surface area contributed by atoms with Gasteiger partial charge in [-0.25, -0.2) is 4.98 Å². The second-order valence-electron chi connectivity index (χ2n) is 2.76. The second kappa shape index (κ2) is 3.94. The maximum Gasteiger partial charge on any atom is 0.227 e. The topological polar surface area (TPSA) is 46.3 Å². The predicted octanol–water partition coefficient (Wildman–Crippen LogP) is 2.60. The van der Waals surface area contributed by atoms with Crippen molar-refractivity contribution in [1.29, 1.82) is 0 Å². The fourth-order valence-electron chi connectivity index (χ4n) is 1.13. The Balaban J connectivity index is 2.43. The Hall–Kier alpha value is -1.13. The number of nitrogens with zero attached hydrogens (tertiary/aromatic N) is 1. The molecule has 0 spiro atoms. The van der Waals surface area contributed by atoms with E-state index in [4.69, 9.17) is 9.52 Å². The third-order valence-corrected chi connectivity index (χ3v) is 2.44. The summed E-state index contributed by atoms with van der Waals surface area (Å²) in [5, 5.41) is 8.93. The van der Waals surface area contributed by atoms with E-state index in [1.165, 1.54) is 0 Å². The summed E-state index contributed by atoms with van der Waals surface area (Å²) in [5.41, 5.74) is 1.41. The van der Waals surface area contributed by atoms with E-state index in [2.05, 4.69) is 20.9 Å². The first-order chi connectivity index (χ1) is 6.81. The maximum atomic E-state index is 8.93. The van der Waals surface area contributed by atoms with Crippen molar-refractivity contribution in [1.82, 2.24) is 4.98 Å². The van der Waals surface area contributed by atoms with Gasteiger partial charge in [0.15, 0.2) is 4.67 Å². The van der Waals surface area contributed by atoms with Crippen molar-refractivity contribution in [3.8, 4) is 11.5 Å². The van der Waals surface area contributed by atoms with Crippen LogP contribution in [0.15, 0.2) is 39.4 Å². The van der Waals surface area contributed by atoms with E-state index in [9.17, 15) is 0 Å². The molecule has 0 aliphatic carbocycles. The van der Waals surface area contributed by atoms with Gasteiger partial charge in [-0.3, -0.25) is 0 Å². The summed E-state index contributed by atoms with van der Waals surface area (Å²) in [5.74, 6) is 0.515. The molecular weight excluding hydrogens is 246 g/mol. The first kappa shape index (κ1) is 9.43. The molecule has 1 N–H and O–H groups in total. The molecule has 1 aromatic carbocycles. The Labute approximate surface area is 89.5 Å². The minimum Gasteiger partial charge on any atom is -0.429 e. The first-order valence-corrected chi connectivity index (χ1v) is 4.92. The monoisotopic (exact) mass is 253 g/mol. The van der Waals surface area contributed by atoms with E-state index < -0.39 is 0 Å². The van der Waals surface area contributed by atoms with Crippen molar-refractivity contribution in [2.24, 2.45) is 0 Å². The van der Waals surface area contributed by atoms with Crippen LogP contribution >= 0.6 is 15.9 Å². The Morgan fingerprint density at radius 2 is 2.00 bits per heavy atom. The molecule has 0 bridgehead atoms. The fraction of sp³-hybridized carbons (Fsp3) is 0.100. The lowest BCUT2D eigenvalue weighted by atomic mass is 10.2. The molecule has 2 rings (SSSR count). The van der Waals surface area contributed by atoms with Gasteiger partial charge in [0.05, 0.1) is 6.61 Å². The van der Waals surface area contributed by atoms with Crippen molar-refractivity contribution in [3.05, 3.63) is 40.7 Å². The van der Waals surface area contributed by atoms with Gasteiger partial charge in [0.2, 0.25) is 5.89 Å². The van der Waals surface area contributed by atoms with Crippen LogP contribution in [-0.2, 0) is 6.61 Å². The average Bonchev–Trinajstić information content (AvgIpc) is 2.61. The van der Waals surface area contributed by atoms with Crippen LogP contribution in [0.1, 0.15) is 5.69 Å².